The van der Waals surface area contributed by atoms with E-state index in [2.05, 4.69) is 10.6 Å². The van der Waals surface area contributed by atoms with Gasteiger partial charge in [-0.25, -0.2) is 4.39 Å². The highest BCUT2D eigenvalue weighted by Crippen LogP contribution is 2.22. The van der Waals surface area contributed by atoms with E-state index >= 15 is 0 Å². The van der Waals surface area contributed by atoms with Crippen LogP contribution in [-0.2, 0) is 11.3 Å². The lowest BCUT2D eigenvalue weighted by Gasteiger charge is -2.10. The fourth-order valence-electron chi connectivity index (χ4n) is 1.84. The van der Waals surface area contributed by atoms with E-state index in [1.165, 1.54) is 19.1 Å². The van der Waals surface area contributed by atoms with Gasteiger partial charge in [-0.2, -0.15) is 0 Å². The van der Waals surface area contributed by atoms with Crippen molar-refractivity contribution < 1.29 is 9.18 Å². The predicted molar refractivity (Wildman–Crippen MR) is 84.5 cm³/mol. The molecule has 2 rings (SSSR count). The first-order valence-corrected chi connectivity index (χ1v) is 6.95. The maximum Gasteiger partial charge on any atom is 0.221 e. The van der Waals surface area contributed by atoms with Gasteiger partial charge in [0.2, 0.25) is 5.91 Å². The molecule has 0 heterocycles. The van der Waals surface area contributed by atoms with Gasteiger partial charge in [0.15, 0.2) is 0 Å². The van der Waals surface area contributed by atoms with Crippen LogP contribution in [0.1, 0.15) is 12.5 Å². The first kappa shape index (κ1) is 15.6. The van der Waals surface area contributed by atoms with E-state index in [0.717, 1.165) is 5.56 Å². The molecule has 6 heteroatoms. The molecule has 2 N–H and O–H groups in total. The van der Waals surface area contributed by atoms with Crippen molar-refractivity contribution in [1.82, 2.24) is 0 Å². The second-order valence-corrected chi connectivity index (χ2v) is 5.38. The van der Waals surface area contributed by atoms with Crippen LogP contribution in [0.25, 0.3) is 0 Å². The van der Waals surface area contributed by atoms with E-state index in [4.69, 9.17) is 23.2 Å². The third-order valence-corrected chi connectivity index (χ3v) is 3.13. The van der Waals surface area contributed by atoms with Gasteiger partial charge in [0.25, 0.3) is 0 Å². The molecule has 21 heavy (non-hydrogen) atoms. The van der Waals surface area contributed by atoms with Crippen molar-refractivity contribution in [3.63, 3.8) is 0 Å². The van der Waals surface area contributed by atoms with Crippen molar-refractivity contribution in [1.29, 1.82) is 0 Å². The Morgan fingerprint density at radius 2 is 1.81 bits per heavy atom. The van der Waals surface area contributed by atoms with Crippen LogP contribution in [0, 0.1) is 5.82 Å². The number of hydrogen-bond donors (Lipinski definition) is 2. The molecule has 2 aromatic carbocycles. The molecule has 0 fully saturated rings. The lowest BCUT2D eigenvalue weighted by atomic mass is 10.2. The molecule has 0 aliphatic heterocycles. The Bertz CT molecular complexity index is 656. The van der Waals surface area contributed by atoms with Crippen LogP contribution in [0.5, 0.6) is 0 Å². The summed E-state index contributed by atoms with van der Waals surface area (Å²) < 4.78 is 13.5. The van der Waals surface area contributed by atoms with Gasteiger partial charge in [0, 0.05) is 29.2 Å². The molecule has 3 nitrogen and oxygen atoms in total. The van der Waals surface area contributed by atoms with Gasteiger partial charge in [-0.1, -0.05) is 23.2 Å². The van der Waals surface area contributed by atoms with E-state index in [1.807, 2.05) is 0 Å². The highest BCUT2D eigenvalue weighted by molar-refractivity contribution is 6.34. The van der Waals surface area contributed by atoms with E-state index in [1.54, 1.807) is 24.3 Å². The number of benzene rings is 2. The van der Waals surface area contributed by atoms with Gasteiger partial charge in [-0.15, -0.1) is 0 Å². The summed E-state index contributed by atoms with van der Waals surface area (Å²) >= 11 is 11.9. The minimum Gasteiger partial charge on any atom is -0.381 e. The summed E-state index contributed by atoms with van der Waals surface area (Å²) in [5.74, 6) is -0.811. The minimum absolute atomic E-state index is 0.136. The summed E-state index contributed by atoms with van der Waals surface area (Å²) in [6.45, 7) is 1.80. The summed E-state index contributed by atoms with van der Waals surface area (Å²) in [4.78, 5) is 11.0. The van der Waals surface area contributed by atoms with Crippen LogP contribution in [0.4, 0.5) is 15.8 Å². The molecule has 0 bridgehead atoms. The molecule has 0 atom stereocenters. The first-order valence-electron chi connectivity index (χ1n) is 6.20. The van der Waals surface area contributed by atoms with Crippen LogP contribution < -0.4 is 10.6 Å². The molecule has 110 valence electrons. The molecular formula is C15H13Cl2FN2O. The molecular weight excluding hydrogens is 314 g/mol. The smallest absolute Gasteiger partial charge is 0.221 e. The third-order valence-electron chi connectivity index (χ3n) is 2.70. The molecule has 0 saturated carbocycles. The van der Waals surface area contributed by atoms with Crippen molar-refractivity contribution >= 4 is 40.5 Å². The number of hydrogen-bond acceptors (Lipinski definition) is 2. The Morgan fingerprint density at radius 1 is 1.14 bits per heavy atom. The average molecular weight is 327 g/mol. The quantitative estimate of drug-likeness (QED) is 0.854. The Kier molecular flexibility index (Phi) is 5.04. The zero-order valence-electron chi connectivity index (χ0n) is 11.2. The third kappa shape index (κ3) is 4.62. The monoisotopic (exact) mass is 326 g/mol. The van der Waals surface area contributed by atoms with Crippen molar-refractivity contribution in [2.45, 2.75) is 13.5 Å². The van der Waals surface area contributed by atoms with E-state index in [9.17, 15) is 9.18 Å². The summed E-state index contributed by atoms with van der Waals surface area (Å²) in [5, 5.41) is 6.66. The number of halogens is 3. The number of anilines is 2. The van der Waals surface area contributed by atoms with Gasteiger partial charge in [-0.05, 0) is 42.0 Å². The predicted octanol–water partition coefficient (Wildman–Crippen LogP) is 4.70. The van der Waals surface area contributed by atoms with Gasteiger partial charge in [0.05, 0.1) is 5.69 Å². The normalized spacial score (nSPS) is 10.3. The highest BCUT2D eigenvalue weighted by atomic mass is 35.5. The van der Waals surface area contributed by atoms with Crippen LogP contribution in [-0.4, -0.2) is 5.91 Å². The van der Waals surface area contributed by atoms with Gasteiger partial charge >= 0.3 is 0 Å². The fourth-order valence-corrected chi connectivity index (χ4v) is 2.41. The van der Waals surface area contributed by atoms with Crippen LogP contribution in [0.15, 0.2) is 36.4 Å². The van der Waals surface area contributed by atoms with Crippen LogP contribution in [0.2, 0.25) is 10.0 Å². The summed E-state index contributed by atoms with van der Waals surface area (Å²) in [6.07, 6.45) is 0. The molecule has 0 aromatic heterocycles. The number of amides is 1. The van der Waals surface area contributed by atoms with Gasteiger partial charge < -0.3 is 10.6 Å². The Hall–Kier alpha value is -1.78. The molecule has 0 radical (unpaired) electrons. The van der Waals surface area contributed by atoms with Crippen molar-refractivity contribution in [3.05, 3.63) is 57.8 Å². The average Bonchev–Trinajstić information content (AvgIpc) is 2.38. The first-order chi connectivity index (χ1) is 9.94. The molecule has 0 unspecified atom stereocenters. The topological polar surface area (TPSA) is 41.1 Å². The Balaban J connectivity index is 2.11. The summed E-state index contributed by atoms with van der Waals surface area (Å²) in [7, 11) is 0. The molecule has 0 spiro atoms. The highest BCUT2D eigenvalue weighted by Gasteiger charge is 2.05. The minimum atomic E-state index is -0.485. The number of rotatable bonds is 4. The van der Waals surface area contributed by atoms with E-state index in [0.29, 0.717) is 22.3 Å². The zero-order chi connectivity index (χ0) is 15.4. The number of carbonyl (C=O) groups excluding carboxylic acids is 1. The SMILES string of the molecule is CC(=O)Nc1cc(NCc2cc(Cl)cc(Cl)c2)ccc1F. The largest absolute Gasteiger partial charge is 0.381 e. The van der Waals surface area contributed by atoms with Crippen LogP contribution in [0.3, 0.4) is 0 Å². The van der Waals surface area contributed by atoms with E-state index in [-0.39, 0.29) is 11.6 Å². The summed E-state index contributed by atoms with van der Waals surface area (Å²) in [5.41, 5.74) is 1.71. The molecule has 1 amide bonds. The maximum atomic E-state index is 13.5. The number of nitrogens with one attached hydrogen (secondary N) is 2. The standard InChI is InChI=1S/C15H13Cl2FN2O/c1-9(21)20-15-7-13(2-3-14(15)18)19-8-10-4-11(16)6-12(17)5-10/h2-7,19H,8H2,1H3,(H,20,21). The zero-order valence-corrected chi connectivity index (χ0v) is 12.7. The lowest BCUT2D eigenvalue weighted by molar-refractivity contribution is -0.114. The summed E-state index contributed by atoms with van der Waals surface area (Å²) in [6, 6.07) is 9.64. The second-order valence-electron chi connectivity index (χ2n) is 4.51. The lowest BCUT2D eigenvalue weighted by Crippen LogP contribution is -2.08. The number of carbonyl (C=O) groups is 1. The maximum absolute atomic E-state index is 13.5. The van der Waals surface area contributed by atoms with Crippen molar-refractivity contribution in [2.75, 3.05) is 10.6 Å². The molecule has 0 saturated heterocycles. The molecule has 0 aliphatic rings. The van der Waals surface area contributed by atoms with Gasteiger partial charge in [0.1, 0.15) is 5.82 Å². The van der Waals surface area contributed by atoms with E-state index < -0.39 is 5.82 Å². The Labute approximate surface area is 132 Å². The van der Waals surface area contributed by atoms with Crippen molar-refractivity contribution in [2.24, 2.45) is 0 Å². The van der Waals surface area contributed by atoms with Gasteiger partial charge in [-0.3, -0.25) is 4.79 Å². The molecule has 0 aliphatic carbocycles. The fraction of sp³-hybridized carbons (Fsp3) is 0.133. The van der Waals surface area contributed by atoms with Crippen LogP contribution >= 0.6 is 23.2 Å². The Morgan fingerprint density at radius 3 is 2.43 bits per heavy atom. The van der Waals surface area contributed by atoms with Crippen molar-refractivity contribution in [3.8, 4) is 0 Å². The second kappa shape index (κ2) is 6.78. The molecule has 2 aromatic rings.